The minimum absolute atomic E-state index is 0.610. The van der Waals surface area contributed by atoms with Crippen molar-refractivity contribution < 1.29 is 9.84 Å². The Labute approximate surface area is 67.9 Å². The van der Waals surface area contributed by atoms with E-state index in [1.807, 2.05) is 0 Å². The van der Waals surface area contributed by atoms with Crippen LogP contribution in [-0.4, -0.2) is 18.0 Å². The van der Waals surface area contributed by atoms with E-state index in [0.29, 0.717) is 12.5 Å². The van der Waals surface area contributed by atoms with Gasteiger partial charge in [0.1, 0.15) is 0 Å². The fraction of sp³-hybridized carbons (Fsp3) is 0.778. The second-order valence-electron chi connectivity index (χ2n) is 3.08. The molecule has 11 heavy (non-hydrogen) atoms. The Bertz CT molecular complexity index is 130. The molecule has 2 nitrogen and oxygen atoms in total. The van der Waals surface area contributed by atoms with Gasteiger partial charge < -0.3 is 9.84 Å². The Kier molecular flexibility index (Phi) is 3.60. The van der Waals surface area contributed by atoms with Crippen LogP contribution in [0.5, 0.6) is 0 Å². The average molecular weight is 156 g/mol. The molecular weight excluding hydrogens is 140 g/mol. The van der Waals surface area contributed by atoms with Crippen molar-refractivity contribution in [2.45, 2.75) is 32.5 Å². The van der Waals surface area contributed by atoms with Crippen molar-refractivity contribution in [2.75, 3.05) is 6.61 Å². The fourth-order valence-electron chi connectivity index (χ4n) is 1.28. The van der Waals surface area contributed by atoms with Gasteiger partial charge in [-0.15, -0.1) is 0 Å². The first-order valence-corrected chi connectivity index (χ1v) is 4.23. The second kappa shape index (κ2) is 4.52. The van der Waals surface area contributed by atoms with Crippen LogP contribution < -0.4 is 0 Å². The number of hydrogen-bond donors (Lipinski definition) is 1. The third-order valence-corrected chi connectivity index (χ3v) is 1.95. The standard InChI is InChI=1S/C9H16O2/c1-8(10)11-7-9-5-3-2-4-6-9/h2-3,8-10H,4-7H2,1H3. The molecule has 0 bridgehead atoms. The molecule has 1 aliphatic rings. The zero-order valence-corrected chi connectivity index (χ0v) is 6.99. The summed E-state index contributed by atoms with van der Waals surface area (Å²) in [6.07, 6.45) is 7.25. The smallest absolute Gasteiger partial charge is 0.151 e. The fourth-order valence-corrected chi connectivity index (χ4v) is 1.28. The van der Waals surface area contributed by atoms with Crippen LogP contribution in [0.15, 0.2) is 12.2 Å². The average Bonchev–Trinajstić information content (AvgIpc) is 2.03. The molecule has 1 aliphatic carbocycles. The van der Waals surface area contributed by atoms with E-state index in [-0.39, 0.29) is 0 Å². The third kappa shape index (κ3) is 3.54. The molecule has 1 rings (SSSR count). The van der Waals surface area contributed by atoms with Crippen molar-refractivity contribution in [1.82, 2.24) is 0 Å². The third-order valence-electron chi connectivity index (χ3n) is 1.95. The highest BCUT2D eigenvalue weighted by Gasteiger charge is 2.10. The molecule has 0 radical (unpaired) electrons. The number of aliphatic hydroxyl groups excluding tert-OH is 1. The maximum atomic E-state index is 8.84. The van der Waals surface area contributed by atoms with Gasteiger partial charge in [-0.1, -0.05) is 12.2 Å². The predicted molar refractivity (Wildman–Crippen MR) is 44.1 cm³/mol. The van der Waals surface area contributed by atoms with E-state index in [2.05, 4.69) is 12.2 Å². The molecule has 0 fully saturated rings. The molecule has 0 aromatic rings. The molecule has 2 atom stereocenters. The Morgan fingerprint density at radius 1 is 1.64 bits per heavy atom. The van der Waals surface area contributed by atoms with Gasteiger partial charge in [-0.25, -0.2) is 0 Å². The lowest BCUT2D eigenvalue weighted by Crippen LogP contribution is -2.16. The SMILES string of the molecule is CC(O)OCC1CC=CCC1. The highest BCUT2D eigenvalue weighted by Crippen LogP contribution is 2.18. The first-order chi connectivity index (χ1) is 5.29. The van der Waals surface area contributed by atoms with E-state index in [1.165, 1.54) is 6.42 Å². The molecule has 1 N–H and O–H groups in total. The molecule has 0 spiro atoms. The molecule has 0 aromatic heterocycles. The minimum Gasteiger partial charge on any atom is -0.368 e. The molecule has 2 unspecified atom stereocenters. The van der Waals surface area contributed by atoms with Crippen LogP contribution in [-0.2, 0) is 4.74 Å². The van der Waals surface area contributed by atoms with Gasteiger partial charge in [0.2, 0.25) is 0 Å². The van der Waals surface area contributed by atoms with Crippen molar-refractivity contribution in [3.8, 4) is 0 Å². The number of rotatable bonds is 3. The van der Waals surface area contributed by atoms with Gasteiger partial charge in [0.15, 0.2) is 6.29 Å². The van der Waals surface area contributed by atoms with E-state index >= 15 is 0 Å². The molecule has 0 aromatic carbocycles. The Balaban J connectivity index is 2.11. The predicted octanol–water partition coefficient (Wildman–Crippen LogP) is 1.70. The molecule has 0 aliphatic heterocycles. The monoisotopic (exact) mass is 156 g/mol. The van der Waals surface area contributed by atoms with Crippen LogP contribution in [0.1, 0.15) is 26.2 Å². The highest BCUT2D eigenvalue weighted by molar-refractivity contribution is 4.89. The summed E-state index contributed by atoms with van der Waals surface area (Å²) in [6.45, 7) is 2.35. The zero-order valence-electron chi connectivity index (χ0n) is 6.99. The minimum atomic E-state index is -0.610. The highest BCUT2D eigenvalue weighted by atomic mass is 16.6. The lowest BCUT2D eigenvalue weighted by atomic mass is 9.95. The quantitative estimate of drug-likeness (QED) is 0.498. The van der Waals surface area contributed by atoms with Crippen molar-refractivity contribution in [1.29, 1.82) is 0 Å². The van der Waals surface area contributed by atoms with E-state index in [0.717, 1.165) is 12.8 Å². The van der Waals surface area contributed by atoms with Crippen LogP contribution in [0, 0.1) is 5.92 Å². The summed E-state index contributed by atoms with van der Waals surface area (Å²) in [6, 6.07) is 0. The van der Waals surface area contributed by atoms with E-state index in [1.54, 1.807) is 6.92 Å². The van der Waals surface area contributed by atoms with Crippen LogP contribution >= 0.6 is 0 Å². The van der Waals surface area contributed by atoms with Gasteiger partial charge in [-0.2, -0.15) is 0 Å². The van der Waals surface area contributed by atoms with Crippen molar-refractivity contribution in [3.05, 3.63) is 12.2 Å². The lowest BCUT2D eigenvalue weighted by molar-refractivity contribution is -0.0967. The topological polar surface area (TPSA) is 29.5 Å². The Morgan fingerprint density at radius 2 is 2.45 bits per heavy atom. The Hall–Kier alpha value is -0.340. The molecule has 64 valence electrons. The number of ether oxygens (including phenoxy) is 1. The summed E-state index contributed by atoms with van der Waals surface area (Å²) in [5, 5.41) is 8.84. The number of allylic oxidation sites excluding steroid dienone is 2. The molecule has 0 heterocycles. The van der Waals surface area contributed by atoms with Crippen LogP contribution in [0.25, 0.3) is 0 Å². The van der Waals surface area contributed by atoms with Gasteiger partial charge in [0, 0.05) is 0 Å². The van der Waals surface area contributed by atoms with Crippen LogP contribution in [0.2, 0.25) is 0 Å². The summed E-state index contributed by atoms with van der Waals surface area (Å²) < 4.78 is 5.10. The van der Waals surface area contributed by atoms with E-state index in [9.17, 15) is 0 Å². The summed E-state index contributed by atoms with van der Waals surface area (Å²) in [7, 11) is 0. The molecule has 0 saturated carbocycles. The van der Waals surface area contributed by atoms with Crippen LogP contribution in [0.3, 0.4) is 0 Å². The number of hydrogen-bond acceptors (Lipinski definition) is 2. The molecule has 2 heteroatoms. The van der Waals surface area contributed by atoms with Gasteiger partial charge in [-0.3, -0.25) is 0 Å². The van der Waals surface area contributed by atoms with E-state index in [4.69, 9.17) is 9.84 Å². The zero-order chi connectivity index (χ0) is 8.10. The Morgan fingerprint density at radius 3 is 3.00 bits per heavy atom. The maximum Gasteiger partial charge on any atom is 0.151 e. The van der Waals surface area contributed by atoms with E-state index < -0.39 is 6.29 Å². The largest absolute Gasteiger partial charge is 0.368 e. The maximum absolute atomic E-state index is 8.84. The van der Waals surface area contributed by atoms with Gasteiger partial charge in [0.05, 0.1) is 6.61 Å². The molecule has 0 amide bonds. The summed E-state index contributed by atoms with van der Waals surface area (Å²) >= 11 is 0. The van der Waals surface area contributed by atoms with Crippen LogP contribution in [0.4, 0.5) is 0 Å². The molecule has 0 saturated heterocycles. The van der Waals surface area contributed by atoms with Gasteiger partial charge >= 0.3 is 0 Å². The van der Waals surface area contributed by atoms with Crippen molar-refractivity contribution in [2.24, 2.45) is 5.92 Å². The number of aliphatic hydroxyl groups is 1. The summed E-state index contributed by atoms with van der Waals surface area (Å²) in [4.78, 5) is 0. The lowest BCUT2D eigenvalue weighted by Gasteiger charge is -2.18. The van der Waals surface area contributed by atoms with Gasteiger partial charge in [-0.05, 0) is 32.1 Å². The van der Waals surface area contributed by atoms with Crippen molar-refractivity contribution in [3.63, 3.8) is 0 Å². The summed E-state index contributed by atoms with van der Waals surface area (Å²) in [5.41, 5.74) is 0. The first-order valence-electron chi connectivity index (χ1n) is 4.23. The van der Waals surface area contributed by atoms with Crippen molar-refractivity contribution >= 4 is 0 Å². The normalized spacial score (nSPS) is 26.9. The summed E-state index contributed by atoms with van der Waals surface area (Å²) in [5.74, 6) is 0.620. The molecular formula is C9H16O2. The van der Waals surface area contributed by atoms with Gasteiger partial charge in [0.25, 0.3) is 0 Å². The second-order valence-corrected chi connectivity index (χ2v) is 3.08. The first kappa shape index (κ1) is 8.75.